The Morgan fingerprint density at radius 3 is 2.89 bits per heavy atom. The smallest absolute Gasteiger partial charge is 0.223 e. The largest absolute Gasteiger partial charge is 0.493 e. The van der Waals surface area contributed by atoms with E-state index in [1.54, 1.807) is 0 Å². The van der Waals surface area contributed by atoms with Crippen molar-refractivity contribution in [1.82, 2.24) is 5.32 Å². The van der Waals surface area contributed by atoms with E-state index in [4.69, 9.17) is 22.1 Å². The summed E-state index contributed by atoms with van der Waals surface area (Å²) < 4.78 is 5.64. The minimum absolute atomic E-state index is 0.00522. The van der Waals surface area contributed by atoms with Crippen molar-refractivity contribution in [2.24, 2.45) is 5.73 Å². The molecule has 1 aromatic rings. The third-order valence-electron chi connectivity index (χ3n) is 2.56. The van der Waals surface area contributed by atoms with E-state index in [-0.39, 0.29) is 11.9 Å². The van der Waals surface area contributed by atoms with Crippen LogP contribution in [0.5, 0.6) is 5.75 Å². The summed E-state index contributed by atoms with van der Waals surface area (Å²) in [6.07, 6.45) is 0.980. The van der Waals surface area contributed by atoms with Crippen LogP contribution in [-0.2, 0) is 11.2 Å². The van der Waals surface area contributed by atoms with E-state index in [0.717, 1.165) is 5.56 Å². The van der Waals surface area contributed by atoms with Crippen LogP contribution in [0.2, 0.25) is 5.02 Å². The highest BCUT2D eigenvalue weighted by atomic mass is 35.5. The standard InChI is InChI=1S/C14H21ClN2O2/c1-3-17-14(18)7-8-19-13-6-4-5-12(15)11(13)9-10(2)16/h4-6,10H,3,7-9,16H2,1-2H3,(H,17,18). The predicted octanol–water partition coefficient (Wildman–Crippen LogP) is 2.13. The average molecular weight is 285 g/mol. The summed E-state index contributed by atoms with van der Waals surface area (Å²) in [4.78, 5) is 11.3. The van der Waals surface area contributed by atoms with E-state index in [0.29, 0.717) is 36.8 Å². The van der Waals surface area contributed by atoms with Crippen molar-refractivity contribution in [1.29, 1.82) is 0 Å². The van der Waals surface area contributed by atoms with Gasteiger partial charge in [0.05, 0.1) is 13.0 Å². The lowest BCUT2D eigenvalue weighted by Crippen LogP contribution is -2.24. The summed E-state index contributed by atoms with van der Waals surface area (Å²) in [6, 6.07) is 5.50. The number of carbonyl (C=O) groups is 1. The second-order valence-electron chi connectivity index (χ2n) is 4.45. The zero-order chi connectivity index (χ0) is 14.3. The maximum absolute atomic E-state index is 11.3. The highest BCUT2D eigenvalue weighted by molar-refractivity contribution is 6.31. The van der Waals surface area contributed by atoms with Crippen LogP contribution in [0.3, 0.4) is 0 Å². The molecule has 1 atom stereocenters. The summed E-state index contributed by atoms with van der Waals surface area (Å²) in [5.74, 6) is 0.687. The molecule has 0 aliphatic heterocycles. The van der Waals surface area contributed by atoms with Gasteiger partial charge >= 0.3 is 0 Å². The highest BCUT2D eigenvalue weighted by Gasteiger charge is 2.10. The lowest BCUT2D eigenvalue weighted by atomic mass is 10.1. The van der Waals surface area contributed by atoms with Crippen molar-refractivity contribution in [3.63, 3.8) is 0 Å². The van der Waals surface area contributed by atoms with Crippen LogP contribution in [0.1, 0.15) is 25.8 Å². The molecule has 1 amide bonds. The number of ether oxygens (including phenoxy) is 1. The number of hydrogen-bond acceptors (Lipinski definition) is 3. The van der Waals surface area contributed by atoms with Crippen molar-refractivity contribution in [3.05, 3.63) is 28.8 Å². The Hall–Kier alpha value is -1.26. The number of benzene rings is 1. The Morgan fingerprint density at radius 1 is 1.53 bits per heavy atom. The van der Waals surface area contributed by atoms with Crippen LogP contribution in [0.4, 0.5) is 0 Å². The number of carbonyl (C=O) groups excluding carboxylic acids is 1. The van der Waals surface area contributed by atoms with Crippen LogP contribution in [0.25, 0.3) is 0 Å². The van der Waals surface area contributed by atoms with Gasteiger partial charge in [0.2, 0.25) is 5.91 Å². The molecule has 1 unspecified atom stereocenters. The second-order valence-corrected chi connectivity index (χ2v) is 4.86. The zero-order valence-electron chi connectivity index (χ0n) is 11.4. The van der Waals surface area contributed by atoms with Crippen LogP contribution in [-0.4, -0.2) is 25.1 Å². The summed E-state index contributed by atoms with van der Waals surface area (Å²) in [7, 11) is 0. The second kappa shape index (κ2) is 8.02. The Bertz CT molecular complexity index is 422. The molecule has 1 aromatic carbocycles. The van der Waals surface area contributed by atoms with Gasteiger partial charge in [0.15, 0.2) is 0 Å². The fourth-order valence-corrected chi connectivity index (χ4v) is 1.98. The van der Waals surface area contributed by atoms with Gasteiger partial charge in [-0.05, 0) is 32.4 Å². The summed E-state index contributed by atoms with van der Waals surface area (Å²) in [6.45, 7) is 4.77. The van der Waals surface area contributed by atoms with Gasteiger partial charge in [0, 0.05) is 23.2 Å². The van der Waals surface area contributed by atoms with Crippen molar-refractivity contribution >= 4 is 17.5 Å². The normalized spacial score (nSPS) is 12.0. The Balaban J connectivity index is 2.62. The first kappa shape index (κ1) is 15.8. The summed E-state index contributed by atoms with van der Waals surface area (Å²) in [5, 5.41) is 3.37. The fraction of sp³-hybridized carbons (Fsp3) is 0.500. The number of nitrogens with two attached hydrogens (primary N) is 1. The molecule has 19 heavy (non-hydrogen) atoms. The number of amides is 1. The molecule has 0 aromatic heterocycles. The van der Waals surface area contributed by atoms with Gasteiger partial charge in [-0.25, -0.2) is 0 Å². The van der Waals surface area contributed by atoms with E-state index in [1.165, 1.54) is 0 Å². The Kier molecular flexibility index (Phi) is 6.67. The molecule has 1 rings (SSSR count). The molecule has 0 fully saturated rings. The van der Waals surface area contributed by atoms with Gasteiger partial charge in [0.25, 0.3) is 0 Å². The topological polar surface area (TPSA) is 64.3 Å². The van der Waals surface area contributed by atoms with Crippen molar-refractivity contribution in [3.8, 4) is 5.75 Å². The van der Waals surface area contributed by atoms with E-state index in [2.05, 4.69) is 5.32 Å². The van der Waals surface area contributed by atoms with Gasteiger partial charge in [-0.15, -0.1) is 0 Å². The minimum Gasteiger partial charge on any atom is -0.493 e. The van der Waals surface area contributed by atoms with Crippen LogP contribution in [0.15, 0.2) is 18.2 Å². The van der Waals surface area contributed by atoms with E-state index < -0.39 is 0 Å². The number of hydrogen-bond donors (Lipinski definition) is 2. The third-order valence-corrected chi connectivity index (χ3v) is 2.92. The zero-order valence-corrected chi connectivity index (χ0v) is 12.2. The number of halogens is 1. The van der Waals surface area contributed by atoms with E-state index >= 15 is 0 Å². The monoisotopic (exact) mass is 284 g/mol. The van der Waals surface area contributed by atoms with Crippen LogP contribution >= 0.6 is 11.6 Å². The SMILES string of the molecule is CCNC(=O)CCOc1cccc(Cl)c1CC(C)N. The van der Waals surface area contributed by atoms with Crippen LogP contribution in [0, 0.1) is 0 Å². The molecule has 0 aliphatic rings. The van der Waals surface area contributed by atoms with Gasteiger partial charge < -0.3 is 15.8 Å². The van der Waals surface area contributed by atoms with Crippen molar-refractivity contribution in [2.75, 3.05) is 13.2 Å². The fourth-order valence-electron chi connectivity index (χ4n) is 1.73. The molecule has 106 valence electrons. The molecular weight excluding hydrogens is 264 g/mol. The molecule has 0 aliphatic carbocycles. The Labute approximate surface area is 119 Å². The highest BCUT2D eigenvalue weighted by Crippen LogP contribution is 2.27. The van der Waals surface area contributed by atoms with Crippen LogP contribution < -0.4 is 15.8 Å². The van der Waals surface area contributed by atoms with Gasteiger partial charge in [-0.1, -0.05) is 17.7 Å². The van der Waals surface area contributed by atoms with E-state index in [1.807, 2.05) is 32.0 Å². The lowest BCUT2D eigenvalue weighted by molar-refractivity contribution is -0.121. The predicted molar refractivity (Wildman–Crippen MR) is 77.6 cm³/mol. The summed E-state index contributed by atoms with van der Waals surface area (Å²) >= 11 is 6.15. The van der Waals surface area contributed by atoms with E-state index in [9.17, 15) is 4.79 Å². The number of rotatable bonds is 7. The molecule has 3 N–H and O–H groups in total. The summed E-state index contributed by atoms with van der Waals surface area (Å²) in [5.41, 5.74) is 6.70. The molecule has 0 spiro atoms. The third kappa shape index (κ3) is 5.49. The molecule has 0 heterocycles. The quantitative estimate of drug-likeness (QED) is 0.806. The van der Waals surface area contributed by atoms with Gasteiger partial charge in [0.1, 0.15) is 5.75 Å². The number of nitrogens with one attached hydrogen (secondary N) is 1. The first-order chi connectivity index (χ1) is 9.04. The average Bonchev–Trinajstić information content (AvgIpc) is 2.33. The first-order valence-electron chi connectivity index (χ1n) is 6.47. The molecule has 0 radical (unpaired) electrons. The first-order valence-corrected chi connectivity index (χ1v) is 6.84. The molecule has 4 nitrogen and oxygen atoms in total. The maximum Gasteiger partial charge on any atom is 0.223 e. The minimum atomic E-state index is -0.0155. The maximum atomic E-state index is 11.3. The molecule has 5 heteroatoms. The molecule has 0 saturated heterocycles. The molecular formula is C14H21ClN2O2. The van der Waals surface area contributed by atoms with Crippen molar-refractivity contribution < 1.29 is 9.53 Å². The Morgan fingerprint density at radius 2 is 2.26 bits per heavy atom. The van der Waals surface area contributed by atoms with Gasteiger partial charge in [-0.3, -0.25) is 4.79 Å². The van der Waals surface area contributed by atoms with Crippen molar-refractivity contribution in [2.45, 2.75) is 32.7 Å². The molecule has 0 bridgehead atoms. The molecule has 0 saturated carbocycles. The lowest BCUT2D eigenvalue weighted by Gasteiger charge is -2.14. The van der Waals surface area contributed by atoms with Gasteiger partial charge in [-0.2, -0.15) is 0 Å².